The van der Waals surface area contributed by atoms with E-state index in [1.165, 1.54) is 0 Å². The molecule has 1 saturated heterocycles. The monoisotopic (exact) mass is 398 g/mol. The molecule has 1 N–H and O–H groups in total. The molecule has 2 aromatic rings. The van der Waals surface area contributed by atoms with Crippen molar-refractivity contribution in [2.75, 3.05) is 32.3 Å². The van der Waals surface area contributed by atoms with Gasteiger partial charge in [0.1, 0.15) is 17.2 Å². The number of nitrogens with one attached hydrogen (secondary N) is 1. The Bertz CT molecular complexity index is 883. The molecule has 29 heavy (non-hydrogen) atoms. The molecule has 2 aromatic carbocycles. The van der Waals surface area contributed by atoms with E-state index in [1.54, 1.807) is 43.4 Å². The normalized spacial score (nSPS) is 14.4. The van der Waals surface area contributed by atoms with Crippen LogP contribution in [-0.2, 0) is 9.59 Å². The molecule has 1 atom stereocenters. The van der Waals surface area contributed by atoms with Crippen LogP contribution in [0.15, 0.2) is 42.5 Å². The molecule has 2 amide bonds. The molecule has 154 valence electrons. The highest BCUT2D eigenvalue weighted by Gasteiger charge is 2.22. The zero-order valence-electron chi connectivity index (χ0n) is 16.9. The molecule has 1 aliphatic rings. The number of carbonyl (C=O) groups excluding carboxylic acids is 2. The topological polar surface area (TPSA) is 77.1 Å². The Morgan fingerprint density at radius 3 is 2.66 bits per heavy atom. The van der Waals surface area contributed by atoms with E-state index < -0.39 is 0 Å². The number of amides is 2. The zero-order valence-corrected chi connectivity index (χ0v) is 16.9. The first-order valence-corrected chi connectivity index (χ1v) is 9.56. The number of hydrogen-bond acceptors (Lipinski definition) is 5. The fourth-order valence-corrected chi connectivity index (χ4v) is 3.35. The van der Waals surface area contributed by atoms with Crippen LogP contribution in [0.2, 0.25) is 0 Å². The number of benzene rings is 2. The molecule has 0 aromatic heterocycles. The Hall–Kier alpha value is -3.22. The third-order valence-corrected chi connectivity index (χ3v) is 4.85. The van der Waals surface area contributed by atoms with Crippen molar-refractivity contribution in [3.63, 3.8) is 0 Å². The van der Waals surface area contributed by atoms with Gasteiger partial charge < -0.3 is 24.4 Å². The third-order valence-electron chi connectivity index (χ3n) is 4.85. The van der Waals surface area contributed by atoms with Gasteiger partial charge >= 0.3 is 0 Å². The molecule has 0 bridgehead atoms. The second kappa shape index (κ2) is 9.32. The number of carbonyl (C=O) groups is 2. The van der Waals surface area contributed by atoms with Crippen LogP contribution in [0.1, 0.15) is 31.4 Å². The second-order valence-electron chi connectivity index (χ2n) is 6.83. The summed E-state index contributed by atoms with van der Waals surface area (Å²) in [4.78, 5) is 26.0. The van der Waals surface area contributed by atoms with E-state index in [-0.39, 0.29) is 24.5 Å². The number of nitrogens with zero attached hydrogens (tertiary/aromatic N) is 1. The van der Waals surface area contributed by atoms with Gasteiger partial charge in [-0.25, -0.2) is 0 Å². The average Bonchev–Trinajstić information content (AvgIpc) is 3.17. The molecular formula is C22H26N2O5. The quantitative estimate of drug-likeness (QED) is 0.739. The molecule has 0 saturated carbocycles. The molecule has 3 rings (SSSR count). The summed E-state index contributed by atoms with van der Waals surface area (Å²) in [5.74, 6) is 1.75. The van der Waals surface area contributed by atoms with Crippen LogP contribution in [0.5, 0.6) is 17.2 Å². The van der Waals surface area contributed by atoms with Crippen molar-refractivity contribution in [1.29, 1.82) is 0 Å². The van der Waals surface area contributed by atoms with Gasteiger partial charge in [0.15, 0.2) is 6.61 Å². The van der Waals surface area contributed by atoms with Gasteiger partial charge in [0.05, 0.1) is 20.3 Å². The summed E-state index contributed by atoms with van der Waals surface area (Å²) in [7, 11) is 3.17. The fraction of sp³-hybridized carbons (Fsp3) is 0.364. The summed E-state index contributed by atoms with van der Waals surface area (Å²) in [6.45, 7) is 2.45. The third kappa shape index (κ3) is 4.99. The van der Waals surface area contributed by atoms with Gasteiger partial charge in [0, 0.05) is 30.3 Å². The van der Waals surface area contributed by atoms with E-state index in [9.17, 15) is 9.59 Å². The number of rotatable bonds is 8. The van der Waals surface area contributed by atoms with E-state index in [4.69, 9.17) is 14.2 Å². The molecule has 7 heteroatoms. The molecular weight excluding hydrogens is 372 g/mol. The summed E-state index contributed by atoms with van der Waals surface area (Å²) in [5.41, 5.74) is 1.61. The minimum Gasteiger partial charge on any atom is -0.497 e. The smallest absolute Gasteiger partial charge is 0.258 e. The largest absolute Gasteiger partial charge is 0.497 e. The van der Waals surface area contributed by atoms with Gasteiger partial charge in [-0.3, -0.25) is 9.59 Å². The van der Waals surface area contributed by atoms with E-state index in [1.807, 2.05) is 25.1 Å². The summed E-state index contributed by atoms with van der Waals surface area (Å²) in [6, 6.07) is 12.4. The van der Waals surface area contributed by atoms with Gasteiger partial charge in [-0.15, -0.1) is 0 Å². The van der Waals surface area contributed by atoms with Gasteiger partial charge in [-0.05, 0) is 43.7 Å². The van der Waals surface area contributed by atoms with Crippen LogP contribution >= 0.6 is 0 Å². The first-order valence-electron chi connectivity index (χ1n) is 9.56. The van der Waals surface area contributed by atoms with Crippen molar-refractivity contribution in [2.45, 2.75) is 25.8 Å². The Morgan fingerprint density at radius 1 is 1.14 bits per heavy atom. The van der Waals surface area contributed by atoms with Gasteiger partial charge in [0.2, 0.25) is 5.91 Å². The molecule has 0 aliphatic carbocycles. The maximum Gasteiger partial charge on any atom is 0.258 e. The van der Waals surface area contributed by atoms with E-state index in [0.29, 0.717) is 30.2 Å². The van der Waals surface area contributed by atoms with Crippen LogP contribution in [0.4, 0.5) is 5.69 Å². The van der Waals surface area contributed by atoms with Crippen molar-refractivity contribution in [3.8, 4) is 17.2 Å². The molecule has 7 nitrogen and oxygen atoms in total. The lowest BCUT2D eigenvalue weighted by molar-refractivity contribution is -0.123. The zero-order chi connectivity index (χ0) is 20.8. The summed E-state index contributed by atoms with van der Waals surface area (Å²) >= 11 is 0. The average molecular weight is 398 g/mol. The highest BCUT2D eigenvalue weighted by atomic mass is 16.5. The van der Waals surface area contributed by atoms with Crippen LogP contribution in [0.3, 0.4) is 0 Å². The Labute approximate surface area is 170 Å². The van der Waals surface area contributed by atoms with Crippen molar-refractivity contribution >= 4 is 17.5 Å². The van der Waals surface area contributed by atoms with Crippen LogP contribution in [-0.4, -0.2) is 39.2 Å². The van der Waals surface area contributed by atoms with Crippen LogP contribution in [0.25, 0.3) is 0 Å². The Kier molecular flexibility index (Phi) is 6.59. The molecule has 1 aliphatic heterocycles. The minimum absolute atomic E-state index is 0.112. The Balaban J connectivity index is 1.60. The lowest BCUT2D eigenvalue weighted by atomic mass is 10.1. The standard InChI is InChI=1S/C22H26N2O5/c1-15(19-13-17(27-2)9-10-20(19)28-3)23-21(25)14-29-18-7-4-6-16(12-18)24-11-5-8-22(24)26/h4,6-7,9-10,12-13,15H,5,8,11,14H2,1-3H3,(H,23,25)/t15-/m0/s1. The van der Waals surface area contributed by atoms with Crippen molar-refractivity contribution in [3.05, 3.63) is 48.0 Å². The van der Waals surface area contributed by atoms with Crippen LogP contribution < -0.4 is 24.4 Å². The second-order valence-corrected chi connectivity index (χ2v) is 6.83. The first kappa shape index (κ1) is 20.5. The molecule has 0 spiro atoms. The number of anilines is 1. The molecule has 0 unspecified atom stereocenters. The maximum atomic E-state index is 12.4. The van der Waals surface area contributed by atoms with Crippen molar-refractivity contribution in [1.82, 2.24) is 5.32 Å². The number of methoxy groups -OCH3 is 2. The minimum atomic E-state index is -0.287. The predicted molar refractivity (Wildman–Crippen MR) is 110 cm³/mol. The summed E-state index contributed by atoms with van der Waals surface area (Å²) in [5, 5.41) is 2.91. The highest BCUT2D eigenvalue weighted by Crippen LogP contribution is 2.29. The van der Waals surface area contributed by atoms with E-state index in [0.717, 1.165) is 17.7 Å². The van der Waals surface area contributed by atoms with Gasteiger partial charge in [-0.1, -0.05) is 6.07 Å². The SMILES string of the molecule is COc1ccc(OC)c([C@H](C)NC(=O)COc2cccc(N3CCCC3=O)c2)c1. The van der Waals surface area contributed by atoms with E-state index in [2.05, 4.69) is 5.32 Å². The van der Waals surface area contributed by atoms with Crippen molar-refractivity contribution < 1.29 is 23.8 Å². The first-order chi connectivity index (χ1) is 14.0. The fourth-order valence-electron chi connectivity index (χ4n) is 3.35. The predicted octanol–water partition coefficient (Wildman–Crippen LogP) is 3.09. The lowest BCUT2D eigenvalue weighted by Crippen LogP contribution is -2.31. The lowest BCUT2D eigenvalue weighted by Gasteiger charge is -2.19. The van der Waals surface area contributed by atoms with Crippen molar-refractivity contribution in [2.24, 2.45) is 0 Å². The number of ether oxygens (including phenoxy) is 3. The Morgan fingerprint density at radius 2 is 1.97 bits per heavy atom. The maximum absolute atomic E-state index is 12.4. The van der Waals surface area contributed by atoms with E-state index >= 15 is 0 Å². The van der Waals surface area contributed by atoms with Gasteiger partial charge in [-0.2, -0.15) is 0 Å². The van der Waals surface area contributed by atoms with Gasteiger partial charge in [0.25, 0.3) is 5.91 Å². The van der Waals surface area contributed by atoms with Crippen LogP contribution in [0, 0.1) is 0 Å². The molecule has 1 heterocycles. The summed E-state index contributed by atoms with van der Waals surface area (Å²) < 4.78 is 16.3. The summed E-state index contributed by atoms with van der Waals surface area (Å²) in [6.07, 6.45) is 1.43. The molecule has 0 radical (unpaired) electrons. The number of hydrogen-bond donors (Lipinski definition) is 1. The molecule has 1 fully saturated rings. The highest BCUT2D eigenvalue weighted by molar-refractivity contribution is 5.95.